The number of nitrogens with zero attached hydrogens (tertiary/aromatic N) is 4. The zero-order valence-electron chi connectivity index (χ0n) is 16.8. The van der Waals surface area contributed by atoms with Crippen molar-refractivity contribution in [3.05, 3.63) is 66.2 Å². The fourth-order valence-corrected chi connectivity index (χ4v) is 5.70. The molecule has 0 atom stereocenters. The second kappa shape index (κ2) is 7.56. The molecule has 1 aromatic heterocycles. The van der Waals surface area contributed by atoms with Gasteiger partial charge in [-0.15, -0.1) is 5.10 Å². The summed E-state index contributed by atoms with van der Waals surface area (Å²) in [7, 11) is -3.65. The number of aromatic nitrogens is 3. The van der Waals surface area contributed by atoms with Gasteiger partial charge >= 0.3 is 6.18 Å². The van der Waals surface area contributed by atoms with Crippen molar-refractivity contribution in [3.63, 3.8) is 0 Å². The van der Waals surface area contributed by atoms with Gasteiger partial charge in [0.1, 0.15) is 5.52 Å². The molecule has 1 aliphatic rings. The molecule has 0 unspecified atom stereocenters. The fraction of sp³-hybridized carbons (Fsp3) is 0.273. The lowest BCUT2D eigenvalue weighted by Gasteiger charge is -2.31. The van der Waals surface area contributed by atoms with Gasteiger partial charge in [-0.1, -0.05) is 35.5 Å². The Hall–Kier alpha value is -2.98. The Morgan fingerprint density at radius 1 is 0.906 bits per heavy atom. The Morgan fingerprint density at radius 3 is 2.34 bits per heavy atom. The first-order valence-electron chi connectivity index (χ1n) is 10.1. The topological polar surface area (TPSA) is 68.1 Å². The van der Waals surface area contributed by atoms with Gasteiger partial charge in [0.25, 0.3) is 0 Å². The number of hydrogen-bond donors (Lipinski definition) is 0. The standard InChI is InChI=1S/C22H19F3N4O2S/c23-22(24,25)17-6-8-21-20(14-17)26-27-29(21)18-9-11-28(12-10-18)32(30,31)19-7-5-15-3-1-2-4-16(15)13-19/h1-8,13-14,18H,9-12H2. The SMILES string of the molecule is O=S(=O)(c1ccc2ccccc2c1)N1CCC(n2nnc3cc(C(F)(F)F)ccc32)CC1. The molecule has 4 aromatic rings. The van der Waals surface area contributed by atoms with Crippen molar-refractivity contribution in [1.29, 1.82) is 0 Å². The number of rotatable bonds is 3. The molecule has 5 rings (SSSR count). The molecule has 3 aromatic carbocycles. The van der Waals surface area contributed by atoms with Crippen LogP contribution in [0.25, 0.3) is 21.8 Å². The predicted octanol–water partition coefficient (Wildman–Crippen LogP) is 4.63. The Morgan fingerprint density at radius 2 is 1.62 bits per heavy atom. The third-order valence-electron chi connectivity index (χ3n) is 5.93. The van der Waals surface area contributed by atoms with E-state index in [9.17, 15) is 21.6 Å². The van der Waals surface area contributed by atoms with Crippen LogP contribution in [0, 0.1) is 0 Å². The third kappa shape index (κ3) is 3.63. The van der Waals surface area contributed by atoms with Crippen LogP contribution in [0.15, 0.2) is 65.6 Å². The van der Waals surface area contributed by atoms with Gasteiger partial charge in [0, 0.05) is 13.1 Å². The molecular weight excluding hydrogens is 441 g/mol. The first kappa shape index (κ1) is 20.9. The van der Waals surface area contributed by atoms with Gasteiger partial charge in [0.2, 0.25) is 10.0 Å². The van der Waals surface area contributed by atoms with E-state index in [1.165, 1.54) is 10.4 Å². The van der Waals surface area contributed by atoms with E-state index in [1.807, 2.05) is 24.3 Å². The van der Waals surface area contributed by atoms with Crippen LogP contribution in [0.1, 0.15) is 24.4 Å². The summed E-state index contributed by atoms with van der Waals surface area (Å²) in [5.74, 6) is 0. The van der Waals surface area contributed by atoms with Crippen LogP contribution < -0.4 is 0 Å². The molecule has 6 nitrogen and oxygen atoms in total. The minimum absolute atomic E-state index is 0.139. The van der Waals surface area contributed by atoms with Crippen LogP contribution in [0.2, 0.25) is 0 Å². The molecule has 1 saturated heterocycles. The summed E-state index contributed by atoms with van der Waals surface area (Å²) in [4.78, 5) is 0.250. The van der Waals surface area contributed by atoms with Crippen molar-refractivity contribution in [3.8, 4) is 0 Å². The van der Waals surface area contributed by atoms with Crippen LogP contribution in [-0.4, -0.2) is 40.8 Å². The van der Waals surface area contributed by atoms with Crippen molar-refractivity contribution in [2.24, 2.45) is 0 Å². The maximum Gasteiger partial charge on any atom is 0.416 e. The smallest absolute Gasteiger partial charge is 0.242 e. The summed E-state index contributed by atoms with van der Waals surface area (Å²) in [6.07, 6.45) is -3.46. The number of alkyl halides is 3. The highest BCUT2D eigenvalue weighted by molar-refractivity contribution is 7.89. The summed E-state index contributed by atoms with van der Waals surface area (Å²) in [6, 6.07) is 15.9. The fourth-order valence-electron chi connectivity index (χ4n) is 4.19. The van der Waals surface area contributed by atoms with Gasteiger partial charge in [0.05, 0.1) is 22.0 Å². The minimum Gasteiger partial charge on any atom is -0.242 e. The van der Waals surface area contributed by atoms with Crippen molar-refractivity contribution in [2.45, 2.75) is 30.0 Å². The largest absolute Gasteiger partial charge is 0.416 e. The molecule has 0 radical (unpaired) electrons. The average molecular weight is 460 g/mol. The van der Waals surface area contributed by atoms with Crippen LogP contribution in [0.4, 0.5) is 13.2 Å². The van der Waals surface area contributed by atoms with E-state index in [0.717, 1.165) is 22.9 Å². The van der Waals surface area contributed by atoms with E-state index in [4.69, 9.17) is 0 Å². The first-order chi connectivity index (χ1) is 15.2. The first-order valence-corrected chi connectivity index (χ1v) is 11.6. The third-order valence-corrected chi connectivity index (χ3v) is 7.82. The maximum atomic E-state index is 13.2. The Kier molecular flexibility index (Phi) is 4.94. The number of halogens is 3. The predicted molar refractivity (Wildman–Crippen MR) is 114 cm³/mol. The molecule has 0 spiro atoms. The van der Waals surface area contributed by atoms with Crippen molar-refractivity contribution >= 4 is 31.8 Å². The van der Waals surface area contributed by atoms with E-state index < -0.39 is 21.8 Å². The molecule has 0 saturated carbocycles. The number of piperidine rings is 1. The summed E-state index contributed by atoms with van der Waals surface area (Å²) in [6.45, 7) is 0.587. The minimum atomic E-state index is -4.44. The molecule has 32 heavy (non-hydrogen) atoms. The van der Waals surface area contributed by atoms with Crippen molar-refractivity contribution in [1.82, 2.24) is 19.3 Å². The zero-order valence-corrected chi connectivity index (χ0v) is 17.6. The van der Waals surface area contributed by atoms with Gasteiger partial charge in [-0.2, -0.15) is 17.5 Å². The van der Waals surface area contributed by atoms with Crippen molar-refractivity contribution < 1.29 is 21.6 Å². The average Bonchev–Trinajstić information content (AvgIpc) is 3.21. The molecule has 0 N–H and O–H groups in total. The maximum absolute atomic E-state index is 13.2. The van der Waals surface area contributed by atoms with Crippen LogP contribution >= 0.6 is 0 Å². The highest BCUT2D eigenvalue weighted by Crippen LogP contribution is 2.33. The molecule has 1 aliphatic heterocycles. The normalized spacial score (nSPS) is 16.7. The lowest BCUT2D eigenvalue weighted by molar-refractivity contribution is -0.137. The number of hydrogen-bond acceptors (Lipinski definition) is 4. The Balaban J connectivity index is 1.35. The summed E-state index contributed by atoms with van der Waals surface area (Å²) in [5, 5.41) is 9.77. The number of benzene rings is 3. The highest BCUT2D eigenvalue weighted by Gasteiger charge is 2.33. The lowest BCUT2D eigenvalue weighted by atomic mass is 10.1. The van der Waals surface area contributed by atoms with Gasteiger partial charge in [-0.3, -0.25) is 0 Å². The quantitative estimate of drug-likeness (QED) is 0.447. The molecule has 0 aliphatic carbocycles. The number of fused-ring (bicyclic) bond motifs is 2. The lowest BCUT2D eigenvalue weighted by Crippen LogP contribution is -2.39. The van der Waals surface area contributed by atoms with Crippen LogP contribution in [-0.2, 0) is 16.2 Å². The molecule has 10 heteroatoms. The Labute approximate surface area is 182 Å². The molecule has 2 heterocycles. The summed E-state index contributed by atoms with van der Waals surface area (Å²) < 4.78 is 68.2. The molecular formula is C22H19F3N4O2S. The second-order valence-electron chi connectivity index (χ2n) is 7.88. The van der Waals surface area contributed by atoms with Gasteiger partial charge in [-0.25, -0.2) is 13.1 Å². The van der Waals surface area contributed by atoms with E-state index in [0.29, 0.717) is 31.4 Å². The van der Waals surface area contributed by atoms with Gasteiger partial charge in [0.15, 0.2) is 0 Å². The van der Waals surface area contributed by atoms with Crippen molar-refractivity contribution in [2.75, 3.05) is 13.1 Å². The zero-order chi connectivity index (χ0) is 22.5. The summed E-state index contributed by atoms with van der Waals surface area (Å²) in [5.41, 5.74) is -0.0896. The molecule has 0 amide bonds. The Bertz CT molecular complexity index is 1410. The van der Waals surface area contributed by atoms with E-state index in [-0.39, 0.29) is 16.5 Å². The molecule has 0 bridgehead atoms. The van der Waals surface area contributed by atoms with Gasteiger partial charge in [-0.05, 0) is 53.9 Å². The van der Waals surface area contributed by atoms with Gasteiger partial charge < -0.3 is 0 Å². The van der Waals surface area contributed by atoms with E-state index in [2.05, 4.69) is 10.3 Å². The molecule has 166 valence electrons. The van der Waals surface area contributed by atoms with Crippen LogP contribution in [0.5, 0.6) is 0 Å². The monoisotopic (exact) mass is 460 g/mol. The summed E-state index contributed by atoms with van der Waals surface area (Å²) >= 11 is 0. The second-order valence-corrected chi connectivity index (χ2v) is 9.82. The molecule has 1 fully saturated rings. The van der Waals surface area contributed by atoms with Crippen LogP contribution in [0.3, 0.4) is 0 Å². The number of sulfonamides is 1. The highest BCUT2D eigenvalue weighted by atomic mass is 32.2. The van der Waals surface area contributed by atoms with E-state index >= 15 is 0 Å². The van der Waals surface area contributed by atoms with E-state index in [1.54, 1.807) is 22.9 Å².